The molecule has 0 aliphatic rings. The minimum atomic E-state index is -4.36. The van der Waals surface area contributed by atoms with Gasteiger partial charge in [-0.25, -0.2) is 0 Å². The van der Waals surface area contributed by atoms with E-state index in [9.17, 15) is 8.63 Å². The van der Waals surface area contributed by atoms with Crippen molar-refractivity contribution in [3.63, 3.8) is 0 Å². The third-order valence-electron chi connectivity index (χ3n) is 2.03. The van der Waals surface area contributed by atoms with Crippen molar-refractivity contribution in [2.45, 2.75) is 0 Å². The maximum atomic E-state index is 13.4. The van der Waals surface area contributed by atoms with Gasteiger partial charge in [-0.15, -0.1) is 0 Å². The van der Waals surface area contributed by atoms with Gasteiger partial charge in [0.1, 0.15) is 0 Å². The lowest BCUT2D eigenvalue weighted by molar-refractivity contribution is 0.243. The molecule has 2 nitrogen and oxygen atoms in total. The molecular formula is C12H12BF3O2. The molecule has 0 aromatic heterocycles. The molecule has 0 N–H and O–H groups in total. The summed E-state index contributed by atoms with van der Waals surface area (Å²) in [6, 6.07) is 15.7. The van der Waals surface area contributed by atoms with Gasteiger partial charge in [-0.05, 0) is 24.3 Å². The first kappa shape index (κ1) is 14.0. The normalized spacial score (nSPS) is 10.3. The van der Waals surface area contributed by atoms with Gasteiger partial charge in [0.2, 0.25) is 0 Å². The summed E-state index contributed by atoms with van der Waals surface area (Å²) in [7, 11) is -4.36. The molecule has 0 aliphatic carbocycles. The van der Waals surface area contributed by atoms with Crippen molar-refractivity contribution in [3.8, 4) is 11.5 Å². The Morgan fingerprint density at radius 2 is 1.06 bits per heavy atom. The lowest BCUT2D eigenvalue weighted by Crippen LogP contribution is -2.39. The van der Waals surface area contributed by atoms with E-state index in [1.165, 1.54) is 24.3 Å². The van der Waals surface area contributed by atoms with E-state index < -0.39 is 7.11 Å². The first-order valence-corrected chi connectivity index (χ1v) is 5.14. The van der Waals surface area contributed by atoms with Crippen molar-refractivity contribution in [3.05, 3.63) is 60.7 Å². The molecule has 96 valence electrons. The largest absolute Gasteiger partial charge is 1.00 e. The van der Waals surface area contributed by atoms with Crippen LogP contribution in [0, 0.1) is 0 Å². The van der Waals surface area contributed by atoms with Gasteiger partial charge in [0.05, 0.1) is 11.5 Å². The van der Waals surface area contributed by atoms with E-state index in [0.717, 1.165) is 0 Å². The van der Waals surface area contributed by atoms with Crippen LogP contribution >= 0.6 is 0 Å². The zero-order valence-electron chi connectivity index (χ0n) is 10.3. The zero-order chi connectivity index (χ0) is 12.1. The molecule has 0 amide bonds. The fraction of sp³-hybridized carbons (Fsp3) is 0. The molecule has 0 aliphatic heterocycles. The standard InChI is InChI=1S/C12H10BF2O2.FH/c14-13(15,16-11-7-3-1-4-8-11)17-12-9-5-2-6-10-12;/h1-10H;1H/q-1;/p+1. The third-order valence-corrected chi connectivity index (χ3v) is 2.03. The van der Waals surface area contributed by atoms with Gasteiger partial charge >= 0.3 is 8.53 Å². The van der Waals surface area contributed by atoms with Gasteiger partial charge in [-0.3, -0.25) is 4.70 Å². The maximum Gasteiger partial charge on any atom is 1.00 e. The fourth-order valence-electron chi connectivity index (χ4n) is 1.34. The number of hydrogen-bond acceptors (Lipinski definition) is 2. The molecule has 0 fully saturated rings. The van der Waals surface area contributed by atoms with Gasteiger partial charge in [0, 0.05) is 0 Å². The Kier molecular flexibility index (Phi) is 4.65. The van der Waals surface area contributed by atoms with Crippen molar-refractivity contribution in [2.75, 3.05) is 0 Å². The molecular weight excluding hydrogens is 244 g/mol. The van der Waals surface area contributed by atoms with Crippen molar-refractivity contribution in [1.29, 1.82) is 0 Å². The Morgan fingerprint density at radius 1 is 0.722 bits per heavy atom. The minimum Gasteiger partial charge on any atom is -0.627 e. The number of benzene rings is 2. The molecule has 0 saturated heterocycles. The Hall–Kier alpha value is -2.11. The topological polar surface area (TPSA) is 18.5 Å². The van der Waals surface area contributed by atoms with Gasteiger partial charge in [-0.1, -0.05) is 36.4 Å². The zero-order valence-corrected chi connectivity index (χ0v) is 9.33. The highest BCUT2D eigenvalue weighted by atomic mass is 19.3. The number of hydrogen-bond donors (Lipinski definition) is 0. The quantitative estimate of drug-likeness (QED) is 0.775. The average Bonchev–Trinajstić information content (AvgIpc) is 2.30. The minimum absolute atomic E-state index is 0. The van der Waals surface area contributed by atoms with Crippen LogP contribution in [0.4, 0.5) is 13.3 Å². The highest BCUT2D eigenvalue weighted by Gasteiger charge is 2.33. The van der Waals surface area contributed by atoms with Gasteiger partial charge in [0.25, 0.3) is 0 Å². The molecule has 0 unspecified atom stereocenters. The van der Waals surface area contributed by atoms with Gasteiger partial charge in [0.15, 0.2) is 0 Å². The van der Waals surface area contributed by atoms with Crippen LogP contribution in [0.15, 0.2) is 60.7 Å². The second kappa shape index (κ2) is 6.00. The summed E-state index contributed by atoms with van der Waals surface area (Å²) in [6.07, 6.45) is 0. The highest BCUT2D eigenvalue weighted by molar-refractivity contribution is 6.53. The fourth-order valence-corrected chi connectivity index (χ4v) is 1.34. The summed E-state index contributed by atoms with van der Waals surface area (Å²) >= 11 is 0. The summed E-state index contributed by atoms with van der Waals surface area (Å²) < 4.78 is 35.9. The van der Waals surface area contributed by atoms with Crippen LogP contribution in [0.25, 0.3) is 0 Å². The van der Waals surface area contributed by atoms with E-state index in [0.29, 0.717) is 0 Å². The van der Waals surface area contributed by atoms with E-state index in [1.807, 2.05) is 0 Å². The first-order valence-electron chi connectivity index (χ1n) is 5.14. The predicted molar refractivity (Wildman–Crippen MR) is 65.7 cm³/mol. The van der Waals surface area contributed by atoms with Crippen LogP contribution in [0.3, 0.4) is 0 Å². The van der Waals surface area contributed by atoms with E-state index in [-0.39, 0.29) is 17.6 Å². The van der Waals surface area contributed by atoms with Gasteiger partial charge < -0.3 is 17.9 Å². The Labute approximate surface area is 104 Å². The predicted octanol–water partition coefficient (Wildman–Crippen LogP) is 3.78. The van der Waals surface area contributed by atoms with Crippen LogP contribution < -0.4 is 9.31 Å². The van der Waals surface area contributed by atoms with Crippen LogP contribution in [-0.4, -0.2) is 7.11 Å². The molecule has 0 atom stereocenters. The van der Waals surface area contributed by atoms with E-state index in [1.54, 1.807) is 36.4 Å². The molecule has 2 aromatic carbocycles. The Bertz CT molecular complexity index is 427. The molecule has 2 rings (SSSR count). The third kappa shape index (κ3) is 4.05. The lowest BCUT2D eigenvalue weighted by atomic mass is 10.2. The first-order chi connectivity index (χ1) is 8.16. The maximum absolute atomic E-state index is 13.4. The van der Waals surface area contributed by atoms with Crippen molar-refractivity contribution in [2.24, 2.45) is 0 Å². The molecule has 6 heteroatoms. The second-order valence-electron chi connectivity index (χ2n) is 3.40. The van der Waals surface area contributed by atoms with Crippen molar-refractivity contribution < 1.29 is 24.1 Å². The summed E-state index contributed by atoms with van der Waals surface area (Å²) in [5.74, 6) is 0.155. The second-order valence-corrected chi connectivity index (χ2v) is 3.40. The SMILES string of the molecule is F.F[B-](F)(Oc1ccccc1)Oc1ccccc1.[H+]. The van der Waals surface area contributed by atoms with Crippen molar-refractivity contribution in [1.82, 2.24) is 0 Å². The van der Waals surface area contributed by atoms with E-state index in [4.69, 9.17) is 0 Å². The van der Waals surface area contributed by atoms with Gasteiger partial charge in [-0.2, -0.15) is 0 Å². The summed E-state index contributed by atoms with van der Waals surface area (Å²) in [6.45, 7) is 0. The van der Waals surface area contributed by atoms with Crippen LogP contribution in [0.5, 0.6) is 11.5 Å². The molecule has 2 aromatic rings. The highest BCUT2D eigenvalue weighted by Crippen LogP contribution is 2.21. The number of halogens is 3. The van der Waals surface area contributed by atoms with E-state index in [2.05, 4.69) is 9.31 Å². The molecule has 0 radical (unpaired) electrons. The van der Waals surface area contributed by atoms with Crippen LogP contribution in [0.2, 0.25) is 0 Å². The molecule has 18 heavy (non-hydrogen) atoms. The number of para-hydroxylation sites is 2. The van der Waals surface area contributed by atoms with Crippen LogP contribution in [0.1, 0.15) is 1.43 Å². The lowest BCUT2D eigenvalue weighted by Gasteiger charge is -2.27. The van der Waals surface area contributed by atoms with Crippen LogP contribution in [-0.2, 0) is 0 Å². The Morgan fingerprint density at radius 3 is 1.39 bits per heavy atom. The smallest absolute Gasteiger partial charge is 0.627 e. The van der Waals surface area contributed by atoms with E-state index >= 15 is 0 Å². The molecule has 0 spiro atoms. The molecule has 0 heterocycles. The monoisotopic (exact) mass is 256 g/mol. The summed E-state index contributed by atoms with van der Waals surface area (Å²) in [5.41, 5.74) is 0. The molecule has 0 saturated carbocycles. The summed E-state index contributed by atoms with van der Waals surface area (Å²) in [5, 5.41) is 0. The summed E-state index contributed by atoms with van der Waals surface area (Å²) in [4.78, 5) is 0. The Balaban J connectivity index is 0.00000162. The molecule has 0 bridgehead atoms. The number of rotatable bonds is 4. The van der Waals surface area contributed by atoms with Crippen molar-refractivity contribution >= 4 is 7.11 Å². The average molecular weight is 256 g/mol.